The van der Waals surface area contributed by atoms with Crippen LogP contribution >= 0.6 is 0 Å². The van der Waals surface area contributed by atoms with Crippen LogP contribution in [0.15, 0.2) is 30.9 Å². The number of imide groups is 1. The number of rotatable bonds is 6. The van der Waals surface area contributed by atoms with Gasteiger partial charge in [0, 0.05) is 12.6 Å². The molecule has 0 fully saturated rings. The van der Waals surface area contributed by atoms with Gasteiger partial charge >= 0.3 is 11.9 Å². The lowest BCUT2D eigenvalue weighted by Crippen LogP contribution is -2.31. The Morgan fingerprint density at radius 3 is 2.55 bits per heavy atom. The van der Waals surface area contributed by atoms with Gasteiger partial charge in [-0.3, -0.25) is 14.5 Å². The van der Waals surface area contributed by atoms with Gasteiger partial charge in [0.25, 0.3) is 11.8 Å². The van der Waals surface area contributed by atoms with Crippen molar-refractivity contribution in [3.05, 3.63) is 47.5 Å². The topological polar surface area (TPSA) is 101 Å². The van der Waals surface area contributed by atoms with Gasteiger partial charge < -0.3 is 9.84 Å². The quantitative estimate of drug-likeness (QED) is 0.365. The van der Waals surface area contributed by atoms with E-state index in [4.69, 9.17) is 9.84 Å². The maximum atomic E-state index is 12.2. The minimum Gasteiger partial charge on any atom is -0.478 e. The van der Waals surface area contributed by atoms with Crippen LogP contribution in [0.4, 0.5) is 0 Å². The number of esters is 1. The lowest BCUT2D eigenvalue weighted by molar-refractivity contribution is -0.137. The Hall–Kier alpha value is -2.96. The third-order valence-electron chi connectivity index (χ3n) is 3.15. The molecule has 22 heavy (non-hydrogen) atoms. The van der Waals surface area contributed by atoms with E-state index in [1.807, 2.05) is 0 Å². The molecule has 1 aliphatic rings. The highest BCUT2D eigenvalue weighted by Crippen LogP contribution is 2.24. The van der Waals surface area contributed by atoms with E-state index in [1.165, 1.54) is 18.2 Å². The number of carboxylic acid groups (broad SMARTS) is 1. The van der Waals surface area contributed by atoms with E-state index in [0.29, 0.717) is 0 Å². The van der Waals surface area contributed by atoms with E-state index in [1.54, 1.807) is 0 Å². The molecule has 2 amide bonds. The van der Waals surface area contributed by atoms with Crippen molar-refractivity contribution in [2.75, 3.05) is 13.2 Å². The molecule has 1 N–H and O–H groups in total. The molecule has 0 bridgehead atoms. The number of ether oxygens (including phenoxy) is 1. The second kappa shape index (κ2) is 6.21. The largest absolute Gasteiger partial charge is 0.478 e. The molecule has 0 unspecified atom stereocenters. The molecule has 114 valence electrons. The maximum absolute atomic E-state index is 12.2. The first-order valence-corrected chi connectivity index (χ1v) is 6.48. The summed E-state index contributed by atoms with van der Waals surface area (Å²) in [7, 11) is 0. The van der Waals surface area contributed by atoms with Crippen molar-refractivity contribution < 1.29 is 29.0 Å². The fourth-order valence-electron chi connectivity index (χ4n) is 2.08. The summed E-state index contributed by atoms with van der Waals surface area (Å²) < 4.78 is 4.77. The third-order valence-corrected chi connectivity index (χ3v) is 3.15. The van der Waals surface area contributed by atoms with Gasteiger partial charge in [-0.1, -0.05) is 6.58 Å². The van der Waals surface area contributed by atoms with E-state index in [-0.39, 0.29) is 36.3 Å². The van der Waals surface area contributed by atoms with Crippen LogP contribution in [0.3, 0.4) is 0 Å². The van der Waals surface area contributed by atoms with Gasteiger partial charge in [0.2, 0.25) is 0 Å². The molecular weight excluding hydrogens is 290 g/mol. The van der Waals surface area contributed by atoms with Crippen molar-refractivity contribution in [3.63, 3.8) is 0 Å². The molecule has 1 heterocycles. The molecule has 1 aromatic rings. The molecule has 0 saturated heterocycles. The Morgan fingerprint density at radius 2 is 1.91 bits per heavy atom. The van der Waals surface area contributed by atoms with E-state index in [2.05, 4.69) is 6.58 Å². The predicted octanol–water partition coefficient (Wildman–Crippen LogP) is 1.10. The normalized spacial score (nSPS) is 13.0. The predicted molar refractivity (Wildman–Crippen MR) is 74.5 cm³/mol. The molecule has 0 aromatic heterocycles. The van der Waals surface area contributed by atoms with Crippen LogP contribution < -0.4 is 0 Å². The first-order valence-electron chi connectivity index (χ1n) is 6.48. The van der Waals surface area contributed by atoms with Gasteiger partial charge in [-0.25, -0.2) is 9.59 Å². The first-order chi connectivity index (χ1) is 10.5. The minimum atomic E-state index is -1.17. The summed E-state index contributed by atoms with van der Waals surface area (Å²) in [6, 6.07) is 3.80. The molecule has 2 rings (SSSR count). The number of hydrogen-bond donors (Lipinski definition) is 1. The number of amides is 2. The summed E-state index contributed by atoms with van der Waals surface area (Å²) in [5.74, 6) is -2.77. The van der Waals surface area contributed by atoms with Crippen LogP contribution in [0, 0.1) is 0 Å². The standard InChI is InChI=1S/C15H13NO6/c1-2-12(17)22-7-3-6-16-13(18)10-5-4-9(15(20)21)8-11(10)14(16)19/h2,4-5,8H,1,3,6-7H2,(H,20,21). The average Bonchev–Trinajstić information content (AvgIpc) is 2.75. The number of benzene rings is 1. The SMILES string of the molecule is C=CC(=O)OCCCN1C(=O)c2ccc(C(=O)O)cc2C1=O. The third kappa shape index (κ3) is 2.88. The molecule has 7 heteroatoms. The summed E-state index contributed by atoms with van der Waals surface area (Å²) in [5.41, 5.74) is 0.202. The van der Waals surface area contributed by atoms with Gasteiger partial charge in [-0.05, 0) is 24.6 Å². The fraction of sp³-hybridized carbons (Fsp3) is 0.200. The van der Waals surface area contributed by atoms with Crippen molar-refractivity contribution in [1.29, 1.82) is 0 Å². The van der Waals surface area contributed by atoms with Gasteiger partial charge in [0.15, 0.2) is 0 Å². The fourth-order valence-corrected chi connectivity index (χ4v) is 2.08. The summed E-state index contributed by atoms with van der Waals surface area (Å²) in [4.78, 5) is 47.1. The number of fused-ring (bicyclic) bond motifs is 1. The molecule has 1 aliphatic heterocycles. The van der Waals surface area contributed by atoms with Crippen molar-refractivity contribution in [1.82, 2.24) is 4.90 Å². The van der Waals surface area contributed by atoms with Gasteiger partial charge in [-0.15, -0.1) is 0 Å². The highest BCUT2D eigenvalue weighted by Gasteiger charge is 2.35. The van der Waals surface area contributed by atoms with Crippen LogP contribution in [-0.2, 0) is 9.53 Å². The maximum Gasteiger partial charge on any atom is 0.335 e. The van der Waals surface area contributed by atoms with Crippen molar-refractivity contribution in [3.8, 4) is 0 Å². The number of carboxylic acids is 1. The van der Waals surface area contributed by atoms with Gasteiger partial charge in [-0.2, -0.15) is 0 Å². The molecule has 0 radical (unpaired) electrons. The molecule has 0 atom stereocenters. The first kappa shape index (κ1) is 15.4. The van der Waals surface area contributed by atoms with Crippen LogP contribution in [0.25, 0.3) is 0 Å². The Kier molecular flexibility index (Phi) is 4.36. The van der Waals surface area contributed by atoms with Gasteiger partial charge in [0.1, 0.15) is 0 Å². The summed E-state index contributed by atoms with van der Waals surface area (Å²) in [6.07, 6.45) is 1.31. The smallest absolute Gasteiger partial charge is 0.335 e. The Bertz CT molecular complexity index is 679. The molecule has 1 aromatic carbocycles. The molecule has 0 saturated carbocycles. The number of carbonyl (C=O) groups is 4. The van der Waals surface area contributed by atoms with Crippen molar-refractivity contribution in [2.45, 2.75) is 6.42 Å². The van der Waals surface area contributed by atoms with Crippen LogP contribution in [0.2, 0.25) is 0 Å². The summed E-state index contributed by atoms with van der Waals surface area (Å²) >= 11 is 0. The second-order valence-corrected chi connectivity index (χ2v) is 4.55. The summed E-state index contributed by atoms with van der Waals surface area (Å²) in [5, 5.41) is 8.92. The van der Waals surface area contributed by atoms with Crippen molar-refractivity contribution >= 4 is 23.8 Å². The number of nitrogens with zero attached hydrogens (tertiary/aromatic N) is 1. The average molecular weight is 303 g/mol. The lowest BCUT2D eigenvalue weighted by atomic mass is 10.1. The zero-order valence-electron chi connectivity index (χ0n) is 11.6. The highest BCUT2D eigenvalue weighted by atomic mass is 16.5. The zero-order valence-corrected chi connectivity index (χ0v) is 11.6. The number of hydrogen-bond acceptors (Lipinski definition) is 5. The Labute approximate surface area is 125 Å². The highest BCUT2D eigenvalue weighted by molar-refractivity contribution is 6.21. The number of carbonyl (C=O) groups excluding carboxylic acids is 3. The van der Waals surface area contributed by atoms with Crippen molar-refractivity contribution in [2.24, 2.45) is 0 Å². The van der Waals surface area contributed by atoms with E-state index in [0.717, 1.165) is 11.0 Å². The van der Waals surface area contributed by atoms with E-state index >= 15 is 0 Å². The Balaban J connectivity index is 2.05. The van der Waals surface area contributed by atoms with Crippen LogP contribution in [0.5, 0.6) is 0 Å². The molecule has 7 nitrogen and oxygen atoms in total. The number of aromatic carboxylic acids is 1. The molecule has 0 spiro atoms. The van der Waals surface area contributed by atoms with Crippen LogP contribution in [0.1, 0.15) is 37.5 Å². The summed E-state index contributed by atoms with van der Waals surface area (Å²) in [6.45, 7) is 3.39. The molecule has 0 aliphatic carbocycles. The second-order valence-electron chi connectivity index (χ2n) is 4.55. The lowest BCUT2D eigenvalue weighted by Gasteiger charge is -2.13. The van der Waals surface area contributed by atoms with Gasteiger partial charge in [0.05, 0.1) is 23.3 Å². The Morgan fingerprint density at radius 1 is 1.23 bits per heavy atom. The monoisotopic (exact) mass is 303 g/mol. The zero-order chi connectivity index (χ0) is 16.3. The molecular formula is C15H13NO6. The minimum absolute atomic E-state index is 0.0540. The van der Waals surface area contributed by atoms with Crippen LogP contribution in [-0.4, -0.2) is 46.9 Å². The van der Waals surface area contributed by atoms with E-state index < -0.39 is 23.8 Å². The van der Waals surface area contributed by atoms with E-state index in [9.17, 15) is 19.2 Å².